The van der Waals surface area contributed by atoms with Crippen LogP contribution in [0.1, 0.15) is 22.5 Å². The molecule has 0 radical (unpaired) electrons. The molecule has 3 N–H and O–H groups in total. The number of hydrogen-bond donors (Lipinski definition) is 3. The average Bonchev–Trinajstić information content (AvgIpc) is 2.89. The van der Waals surface area contributed by atoms with Crippen molar-refractivity contribution in [2.45, 2.75) is 6.42 Å². The molecule has 1 amide bonds. The van der Waals surface area contributed by atoms with E-state index in [2.05, 4.69) is 22.1 Å². The van der Waals surface area contributed by atoms with Crippen molar-refractivity contribution in [1.82, 2.24) is 4.98 Å². The maximum Gasteiger partial charge on any atom is 0.272 e. The zero-order chi connectivity index (χ0) is 15.2. The van der Waals surface area contributed by atoms with Gasteiger partial charge in [0.2, 0.25) is 0 Å². The summed E-state index contributed by atoms with van der Waals surface area (Å²) in [4.78, 5) is 14.8. The van der Waals surface area contributed by atoms with E-state index in [9.17, 15) is 4.79 Å². The molecule has 2 aromatic rings. The Kier molecular flexibility index (Phi) is 5.29. The van der Waals surface area contributed by atoms with Gasteiger partial charge >= 0.3 is 0 Å². The molecule has 0 unspecified atom stereocenters. The van der Waals surface area contributed by atoms with E-state index in [0.29, 0.717) is 33.4 Å². The monoisotopic (exact) mass is 322 g/mol. The maximum absolute atomic E-state index is 12.0. The summed E-state index contributed by atoms with van der Waals surface area (Å²) in [7, 11) is 0. The van der Waals surface area contributed by atoms with Crippen molar-refractivity contribution in [3.63, 3.8) is 0 Å². The lowest BCUT2D eigenvalue weighted by Crippen LogP contribution is -2.12. The number of aliphatic hydroxyl groups excluding tert-OH is 1. The number of nitrogens with one attached hydrogen (secondary N) is 2. The summed E-state index contributed by atoms with van der Waals surface area (Å²) >= 11 is 11.8. The van der Waals surface area contributed by atoms with Crippen LogP contribution in [0.15, 0.2) is 30.5 Å². The van der Waals surface area contributed by atoms with Crippen LogP contribution in [0.2, 0.25) is 10.0 Å². The van der Waals surface area contributed by atoms with Gasteiger partial charge in [-0.15, -0.1) is 0 Å². The number of hydrogen-bond acceptors (Lipinski definition) is 2. The lowest BCUT2D eigenvalue weighted by atomic mass is 10.2. The quantitative estimate of drug-likeness (QED) is 0.759. The molecule has 0 aliphatic heterocycles. The van der Waals surface area contributed by atoms with Crippen LogP contribution in [0.4, 0.5) is 5.69 Å². The summed E-state index contributed by atoms with van der Waals surface area (Å²) in [5.74, 6) is 5.35. The SMILES string of the molecule is O=C(Nc1cc(C#CCCO)ccc1Cl)c1cc(Cl)c[nH]1. The van der Waals surface area contributed by atoms with Crippen LogP contribution >= 0.6 is 23.2 Å². The molecule has 6 heteroatoms. The van der Waals surface area contributed by atoms with Crippen molar-refractivity contribution in [1.29, 1.82) is 0 Å². The zero-order valence-electron chi connectivity index (χ0n) is 10.9. The van der Waals surface area contributed by atoms with Crippen molar-refractivity contribution in [3.05, 3.63) is 51.8 Å². The minimum absolute atomic E-state index is 0.0117. The molecule has 0 saturated carbocycles. The Balaban J connectivity index is 2.17. The lowest BCUT2D eigenvalue weighted by Gasteiger charge is -2.06. The van der Waals surface area contributed by atoms with E-state index in [0.717, 1.165) is 0 Å². The minimum atomic E-state index is -0.343. The number of benzene rings is 1. The Hall–Kier alpha value is -1.93. The van der Waals surface area contributed by atoms with E-state index in [1.165, 1.54) is 12.3 Å². The number of rotatable bonds is 3. The fourth-order valence-corrected chi connectivity index (χ4v) is 1.94. The molecule has 0 bridgehead atoms. The van der Waals surface area contributed by atoms with Crippen LogP contribution in [0.3, 0.4) is 0 Å². The average molecular weight is 323 g/mol. The highest BCUT2D eigenvalue weighted by molar-refractivity contribution is 6.34. The first-order valence-electron chi connectivity index (χ1n) is 6.14. The number of H-pyrrole nitrogens is 1. The fourth-order valence-electron chi connectivity index (χ4n) is 1.61. The molecular formula is C15H12Cl2N2O2. The van der Waals surface area contributed by atoms with E-state index in [4.69, 9.17) is 28.3 Å². The molecule has 21 heavy (non-hydrogen) atoms. The second kappa shape index (κ2) is 7.19. The predicted octanol–water partition coefficient (Wildman–Crippen LogP) is 3.31. The molecule has 0 spiro atoms. The Bertz CT molecular complexity index is 714. The molecule has 108 valence electrons. The number of halogens is 2. The first-order valence-corrected chi connectivity index (χ1v) is 6.90. The molecular weight excluding hydrogens is 311 g/mol. The summed E-state index contributed by atoms with van der Waals surface area (Å²) in [6.45, 7) is 0.0117. The maximum atomic E-state index is 12.0. The zero-order valence-corrected chi connectivity index (χ0v) is 12.4. The van der Waals surface area contributed by atoms with E-state index in [1.807, 2.05) is 0 Å². The van der Waals surface area contributed by atoms with Gasteiger partial charge in [-0.2, -0.15) is 0 Å². The Morgan fingerprint density at radius 1 is 1.33 bits per heavy atom. The van der Waals surface area contributed by atoms with Crippen LogP contribution in [-0.4, -0.2) is 22.6 Å². The molecule has 0 atom stereocenters. The Labute approximate surface area is 132 Å². The normalized spacial score (nSPS) is 9.86. The number of carbonyl (C=O) groups excluding carboxylic acids is 1. The third kappa shape index (κ3) is 4.27. The second-order valence-electron chi connectivity index (χ2n) is 4.16. The van der Waals surface area contributed by atoms with Crippen molar-refractivity contribution in [3.8, 4) is 11.8 Å². The predicted molar refractivity (Wildman–Crippen MR) is 83.8 cm³/mol. The van der Waals surface area contributed by atoms with Crippen LogP contribution in [0, 0.1) is 11.8 Å². The molecule has 1 heterocycles. The number of aromatic amines is 1. The largest absolute Gasteiger partial charge is 0.395 e. The van der Waals surface area contributed by atoms with Crippen molar-refractivity contribution in [2.24, 2.45) is 0 Å². The topological polar surface area (TPSA) is 65.1 Å². The third-order valence-electron chi connectivity index (χ3n) is 2.58. The highest BCUT2D eigenvalue weighted by Crippen LogP contribution is 2.23. The van der Waals surface area contributed by atoms with E-state index in [-0.39, 0.29) is 12.5 Å². The molecule has 0 aliphatic carbocycles. The van der Waals surface area contributed by atoms with Crippen molar-refractivity contribution in [2.75, 3.05) is 11.9 Å². The number of anilines is 1. The Morgan fingerprint density at radius 2 is 2.14 bits per heavy atom. The van der Waals surface area contributed by atoms with Gasteiger partial charge in [-0.25, -0.2) is 0 Å². The van der Waals surface area contributed by atoms with E-state index in [1.54, 1.807) is 18.2 Å². The van der Waals surface area contributed by atoms with E-state index >= 15 is 0 Å². The van der Waals surface area contributed by atoms with Crippen molar-refractivity contribution >= 4 is 34.8 Å². The Morgan fingerprint density at radius 3 is 2.81 bits per heavy atom. The van der Waals surface area contributed by atoms with Gasteiger partial charge in [-0.3, -0.25) is 4.79 Å². The highest BCUT2D eigenvalue weighted by atomic mass is 35.5. The highest BCUT2D eigenvalue weighted by Gasteiger charge is 2.10. The van der Waals surface area contributed by atoms with Crippen molar-refractivity contribution < 1.29 is 9.90 Å². The molecule has 2 rings (SSSR count). The van der Waals surface area contributed by atoms with Gasteiger partial charge in [0.15, 0.2) is 0 Å². The van der Waals surface area contributed by atoms with Gasteiger partial charge in [-0.05, 0) is 24.3 Å². The molecule has 0 saturated heterocycles. The molecule has 4 nitrogen and oxygen atoms in total. The summed E-state index contributed by atoms with van der Waals surface area (Å²) < 4.78 is 0. The van der Waals surface area contributed by atoms with Crippen LogP contribution in [0.5, 0.6) is 0 Å². The summed E-state index contributed by atoms with van der Waals surface area (Å²) in [6, 6.07) is 6.60. The standard InChI is InChI=1S/C15H12Cl2N2O2/c16-11-8-14(18-9-11)15(21)19-13-7-10(3-1-2-6-20)4-5-12(13)17/h4-5,7-9,18,20H,2,6H2,(H,19,21). The first-order chi connectivity index (χ1) is 10.1. The van der Waals surface area contributed by atoms with Gasteiger partial charge in [0.1, 0.15) is 5.69 Å². The number of carbonyl (C=O) groups is 1. The van der Waals surface area contributed by atoms with E-state index < -0.39 is 0 Å². The number of aromatic nitrogens is 1. The minimum Gasteiger partial charge on any atom is -0.395 e. The lowest BCUT2D eigenvalue weighted by molar-refractivity contribution is 0.102. The number of aliphatic hydroxyl groups is 1. The van der Waals surface area contributed by atoms with Crippen LogP contribution < -0.4 is 5.32 Å². The smallest absolute Gasteiger partial charge is 0.272 e. The van der Waals surface area contributed by atoms with Crippen LogP contribution in [-0.2, 0) is 0 Å². The van der Waals surface area contributed by atoms with Gasteiger partial charge < -0.3 is 15.4 Å². The molecule has 0 fully saturated rings. The fraction of sp³-hybridized carbons (Fsp3) is 0.133. The molecule has 1 aromatic heterocycles. The van der Waals surface area contributed by atoms with Gasteiger partial charge in [0.25, 0.3) is 5.91 Å². The summed E-state index contributed by atoms with van der Waals surface area (Å²) in [5, 5.41) is 12.3. The van der Waals surface area contributed by atoms with Crippen LogP contribution in [0.25, 0.3) is 0 Å². The first kappa shape index (κ1) is 15.5. The molecule has 1 aromatic carbocycles. The summed E-state index contributed by atoms with van der Waals surface area (Å²) in [5.41, 5.74) is 1.50. The summed E-state index contributed by atoms with van der Waals surface area (Å²) in [6.07, 6.45) is 1.92. The second-order valence-corrected chi connectivity index (χ2v) is 5.00. The number of amides is 1. The molecule has 0 aliphatic rings. The van der Waals surface area contributed by atoms with Gasteiger partial charge in [0, 0.05) is 18.2 Å². The van der Waals surface area contributed by atoms with Gasteiger partial charge in [-0.1, -0.05) is 35.0 Å². The van der Waals surface area contributed by atoms with Gasteiger partial charge in [0.05, 0.1) is 22.3 Å². The third-order valence-corrected chi connectivity index (χ3v) is 3.12.